The van der Waals surface area contributed by atoms with E-state index in [1.54, 1.807) is 12.1 Å². The van der Waals surface area contributed by atoms with Crippen molar-refractivity contribution < 1.29 is 13.9 Å². The zero-order valence-electron chi connectivity index (χ0n) is 13.0. The van der Waals surface area contributed by atoms with E-state index in [9.17, 15) is 9.18 Å². The summed E-state index contributed by atoms with van der Waals surface area (Å²) in [7, 11) is 3.33. The Morgan fingerprint density at radius 1 is 1.48 bits per heavy atom. The quantitative estimate of drug-likeness (QED) is 0.807. The number of nitrogens with one attached hydrogen (secondary N) is 1. The van der Waals surface area contributed by atoms with Crippen molar-refractivity contribution in [3.8, 4) is 0 Å². The maximum Gasteiger partial charge on any atom is 0.227 e. The first-order valence-electron chi connectivity index (χ1n) is 6.94. The summed E-state index contributed by atoms with van der Waals surface area (Å²) < 4.78 is 19.1. The van der Waals surface area contributed by atoms with Crippen molar-refractivity contribution in [3.63, 3.8) is 0 Å². The van der Waals surface area contributed by atoms with Crippen LogP contribution in [0.2, 0.25) is 0 Å². The number of carbonyl (C=O) groups excluding carboxylic acids is 1. The Balaban J connectivity index is 2.74. The van der Waals surface area contributed by atoms with Gasteiger partial charge in [-0.3, -0.25) is 4.79 Å². The minimum absolute atomic E-state index is 0.141. The lowest BCUT2D eigenvalue weighted by Crippen LogP contribution is -2.28. The molecule has 1 atom stereocenters. The monoisotopic (exact) mass is 297 g/mol. The topological polar surface area (TPSA) is 67.6 Å². The highest BCUT2D eigenvalue weighted by Crippen LogP contribution is 2.23. The number of hydrogen-bond acceptors (Lipinski definition) is 4. The molecule has 0 radical (unpaired) electrons. The third kappa shape index (κ3) is 4.99. The Bertz CT molecular complexity index is 476. The third-order valence-electron chi connectivity index (χ3n) is 3.40. The van der Waals surface area contributed by atoms with Gasteiger partial charge in [-0.2, -0.15) is 0 Å². The van der Waals surface area contributed by atoms with Gasteiger partial charge >= 0.3 is 0 Å². The van der Waals surface area contributed by atoms with Crippen LogP contribution < -0.4 is 16.0 Å². The molecule has 1 aromatic rings. The predicted molar refractivity (Wildman–Crippen MR) is 83.0 cm³/mol. The Hall–Kier alpha value is -1.66. The van der Waals surface area contributed by atoms with Crippen LogP contribution in [0.5, 0.6) is 0 Å². The molecule has 0 aliphatic carbocycles. The minimum Gasteiger partial charge on any atom is -0.380 e. The van der Waals surface area contributed by atoms with Crippen LogP contribution in [0.15, 0.2) is 18.2 Å². The van der Waals surface area contributed by atoms with Gasteiger partial charge in [0, 0.05) is 32.4 Å². The van der Waals surface area contributed by atoms with E-state index in [0.717, 1.165) is 0 Å². The number of halogens is 1. The smallest absolute Gasteiger partial charge is 0.227 e. The molecule has 1 aromatic carbocycles. The van der Waals surface area contributed by atoms with Crippen LogP contribution in [0, 0.1) is 5.82 Å². The summed E-state index contributed by atoms with van der Waals surface area (Å²) in [6, 6.07) is 4.84. The van der Waals surface area contributed by atoms with E-state index in [1.165, 1.54) is 13.2 Å². The lowest BCUT2D eigenvalue weighted by molar-refractivity contribution is -0.118. The molecule has 3 N–H and O–H groups in total. The maximum absolute atomic E-state index is 14.1. The molecule has 21 heavy (non-hydrogen) atoms. The van der Waals surface area contributed by atoms with Gasteiger partial charge in [0.25, 0.3) is 0 Å². The molecule has 0 fully saturated rings. The van der Waals surface area contributed by atoms with Crippen molar-refractivity contribution >= 4 is 17.3 Å². The van der Waals surface area contributed by atoms with Crippen molar-refractivity contribution in [2.24, 2.45) is 5.73 Å². The molecule has 0 aromatic heterocycles. The van der Waals surface area contributed by atoms with Crippen molar-refractivity contribution in [2.45, 2.75) is 32.4 Å². The third-order valence-corrected chi connectivity index (χ3v) is 3.40. The van der Waals surface area contributed by atoms with E-state index in [-0.39, 0.29) is 36.8 Å². The van der Waals surface area contributed by atoms with Crippen LogP contribution in [-0.4, -0.2) is 38.8 Å². The fraction of sp³-hybridized carbons (Fsp3) is 0.533. The highest BCUT2D eigenvalue weighted by molar-refractivity contribution is 5.91. The summed E-state index contributed by atoms with van der Waals surface area (Å²) in [4.78, 5) is 13.6. The fourth-order valence-corrected chi connectivity index (χ4v) is 1.83. The maximum atomic E-state index is 14.1. The lowest BCUT2D eigenvalue weighted by Gasteiger charge is -2.24. The van der Waals surface area contributed by atoms with E-state index < -0.39 is 0 Å². The number of hydrogen-bond donors (Lipinski definition) is 2. The summed E-state index contributed by atoms with van der Waals surface area (Å²) in [5.74, 6) is -0.622. The highest BCUT2D eigenvalue weighted by Gasteiger charge is 2.14. The van der Waals surface area contributed by atoms with Crippen molar-refractivity contribution in [3.05, 3.63) is 24.0 Å². The zero-order valence-corrected chi connectivity index (χ0v) is 13.0. The molecule has 0 heterocycles. The number of ether oxygens (including phenoxy) is 1. The molecule has 0 saturated carbocycles. The van der Waals surface area contributed by atoms with Gasteiger partial charge in [0.2, 0.25) is 5.91 Å². The minimum atomic E-state index is -0.369. The largest absolute Gasteiger partial charge is 0.380 e. The van der Waals surface area contributed by atoms with Gasteiger partial charge in [-0.05, 0) is 32.0 Å². The Kier molecular flexibility index (Phi) is 6.58. The second kappa shape index (κ2) is 7.95. The van der Waals surface area contributed by atoms with Gasteiger partial charge in [-0.25, -0.2) is 4.39 Å². The molecular formula is C15H24FN3O2. The summed E-state index contributed by atoms with van der Waals surface area (Å²) in [6.07, 6.45) is -0.191. The SMILES string of the molecule is COC(CN)CC(=O)Nc1ccc(N(C)C(C)C)c(F)c1. The van der Waals surface area contributed by atoms with E-state index in [0.29, 0.717) is 11.4 Å². The Labute approximate surface area is 125 Å². The number of nitrogens with two attached hydrogens (primary N) is 1. The van der Waals surface area contributed by atoms with E-state index in [4.69, 9.17) is 10.5 Å². The Morgan fingerprint density at radius 2 is 2.14 bits per heavy atom. The van der Waals surface area contributed by atoms with Crippen molar-refractivity contribution in [1.82, 2.24) is 0 Å². The Morgan fingerprint density at radius 3 is 2.62 bits per heavy atom. The normalized spacial score (nSPS) is 12.3. The number of methoxy groups -OCH3 is 1. The first kappa shape index (κ1) is 17.4. The number of carbonyl (C=O) groups is 1. The number of amides is 1. The van der Waals surface area contributed by atoms with E-state index >= 15 is 0 Å². The van der Waals surface area contributed by atoms with Gasteiger partial charge in [-0.1, -0.05) is 0 Å². The molecule has 0 spiro atoms. The summed E-state index contributed by atoms with van der Waals surface area (Å²) in [6.45, 7) is 4.22. The summed E-state index contributed by atoms with van der Waals surface area (Å²) >= 11 is 0. The fourth-order valence-electron chi connectivity index (χ4n) is 1.83. The highest BCUT2D eigenvalue weighted by atomic mass is 19.1. The van der Waals surface area contributed by atoms with Crippen LogP contribution in [0.3, 0.4) is 0 Å². The second-order valence-corrected chi connectivity index (χ2v) is 5.22. The average Bonchev–Trinajstić information content (AvgIpc) is 2.44. The first-order chi connectivity index (χ1) is 9.88. The molecule has 0 aliphatic heterocycles. The van der Waals surface area contributed by atoms with Gasteiger partial charge < -0.3 is 20.7 Å². The molecule has 1 amide bonds. The van der Waals surface area contributed by atoms with E-state index in [1.807, 2.05) is 25.8 Å². The van der Waals surface area contributed by atoms with Crippen molar-refractivity contribution in [1.29, 1.82) is 0 Å². The molecule has 118 valence electrons. The molecule has 0 saturated heterocycles. The molecule has 1 rings (SSSR count). The first-order valence-corrected chi connectivity index (χ1v) is 6.94. The zero-order chi connectivity index (χ0) is 16.0. The van der Waals surface area contributed by atoms with Crippen LogP contribution >= 0.6 is 0 Å². The molecule has 1 unspecified atom stereocenters. The van der Waals surface area contributed by atoms with Gasteiger partial charge in [0.1, 0.15) is 5.82 Å². The lowest BCUT2D eigenvalue weighted by atomic mass is 10.2. The second-order valence-electron chi connectivity index (χ2n) is 5.22. The number of benzene rings is 1. The molecule has 0 bridgehead atoms. The van der Waals surface area contributed by atoms with Crippen molar-refractivity contribution in [2.75, 3.05) is 30.9 Å². The van der Waals surface area contributed by atoms with Crippen LogP contribution in [0.25, 0.3) is 0 Å². The molecule has 5 nitrogen and oxygen atoms in total. The average molecular weight is 297 g/mol. The van der Waals surface area contributed by atoms with Crippen LogP contribution in [0.4, 0.5) is 15.8 Å². The predicted octanol–water partition coefficient (Wildman–Crippen LogP) is 1.97. The summed E-state index contributed by atoms with van der Waals surface area (Å²) in [5.41, 5.74) is 6.38. The number of nitrogens with zero attached hydrogens (tertiary/aromatic N) is 1. The standard InChI is InChI=1S/C15H24FN3O2/c1-10(2)19(3)14-6-5-11(7-13(14)16)18-15(20)8-12(9-17)21-4/h5-7,10,12H,8-9,17H2,1-4H3,(H,18,20). The van der Waals surface area contributed by atoms with E-state index in [2.05, 4.69) is 5.32 Å². The molecule has 6 heteroatoms. The number of anilines is 2. The molecule has 0 aliphatic rings. The van der Waals surface area contributed by atoms with Gasteiger partial charge in [0.15, 0.2) is 0 Å². The van der Waals surface area contributed by atoms with Crippen LogP contribution in [0.1, 0.15) is 20.3 Å². The van der Waals surface area contributed by atoms with Gasteiger partial charge in [-0.15, -0.1) is 0 Å². The van der Waals surface area contributed by atoms with Crippen LogP contribution in [-0.2, 0) is 9.53 Å². The number of rotatable bonds is 7. The molecular weight excluding hydrogens is 273 g/mol. The van der Waals surface area contributed by atoms with Gasteiger partial charge in [0.05, 0.1) is 18.2 Å². The summed E-state index contributed by atoms with van der Waals surface area (Å²) in [5, 5.41) is 2.64.